The van der Waals surface area contributed by atoms with E-state index < -0.39 is 12.1 Å². The van der Waals surface area contributed by atoms with Crippen LogP contribution in [0.3, 0.4) is 0 Å². The molecule has 0 aliphatic rings. The molecule has 0 aromatic heterocycles. The maximum absolute atomic E-state index is 11.7. The van der Waals surface area contributed by atoms with Crippen LogP contribution in [0.15, 0.2) is 30.3 Å². The minimum absolute atomic E-state index is 0.110. The third kappa shape index (κ3) is 4.14. The third-order valence-corrected chi connectivity index (χ3v) is 2.41. The summed E-state index contributed by atoms with van der Waals surface area (Å²) in [7, 11) is 0. The Morgan fingerprint density at radius 2 is 1.71 bits per heavy atom. The van der Waals surface area contributed by atoms with Crippen LogP contribution in [0, 0.1) is 0 Å². The molecule has 0 aliphatic heterocycles. The smallest absolute Gasteiger partial charge is 0.312 e. The highest BCUT2D eigenvalue weighted by Crippen LogP contribution is 2.10. The van der Waals surface area contributed by atoms with Crippen molar-refractivity contribution in [1.82, 2.24) is 10.6 Å². The molecule has 0 spiro atoms. The van der Waals surface area contributed by atoms with Gasteiger partial charge in [0, 0.05) is 0 Å². The summed E-state index contributed by atoms with van der Waals surface area (Å²) in [6, 6.07) is 8.12. The molecule has 0 radical (unpaired) electrons. The number of urea groups is 1. The van der Waals surface area contributed by atoms with Gasteiger partial charge >= 0.3 is 6.03 Å². The molecule has 1 aromatic rings. The van der Waals surface area contributed by atoms with Crippen LogP contribution >= 0.6 is 0 Å². The van der Waals surface area contributed by atoms with E-state index in [0.717, 1.165) is 5.56 Å². The van der Waals surface area contributed by atoms with Crippen molar-refractivity contribution in [2.75, 3.05) is 0 Å². The molecule has 17 heavy (non-hydrogen) atoms. The molecule has 0 saturated carbocycles. The van der Waals surface area contributed by atoms with Crippen LogP contribution in [0.5, 0.6) is 0 Å². The molecule has 2 atom stereocenters. The summed E-state index contributed by atoms with van der Waals surface area (Å²) >= 11 is 0. The molecule has 0 saturated heterocycles. The Balaban J connectivity index is 2.54. The van der Waals surface area contributed by atoms with Gasteiger partial charge in [-0.15, -0.1) is 0 Å². The maximum atomic E-state index is 11.7. The molecular formula is C12H17N3O2. The Morgan fingerprint density at radius 1 is 1.12 bits per heavy atom. The third-order valence-electron chi connectivity index (χ3n) is 2.41. The minimum Gasteiger partial charge on any atom is -0.352 e. The number of hydrogen-bond donors (Lipinski definition) is 3. The summed E-state index contributed by atoms with van der Waals surface area (Å²) in [5, 5.41) is 5.12. The average molecular weight is 235 g/mol. The Hall–Kier alpha value is -2.04. The highest BCUT2D eigenvalue weighted by molar-refractivity contribution is 5.86. The fourth-order valence-corrected chi connectivity index (χ4v) is 1.44. The first-order chi connectivity index (χ1) is 8.00. The molecule has 5 nitrogen and oxygen atoms in total. The molecule has 1 rings (SSSR count). The van der Waals surface area contributed by atoms with Crippen LogP contribution in [-0.4, -0.2) is 18.0 Å². The molecule has 0 unspecified atom stereocenters. The zero-order valence-electron chi connectivity index (χ0n) is 9.94. The Kier molecular flexibility index (Phi) is 4.51. The zero-order chi connectivity index (χ0) is 12.8. The number of hydrogen-bond acceptors (Lipinski definition) is 2. The second kappa shape index (κ2) is 5.89. The van der Waals surface area contributed by atoms with Gasteiger partial charge in [0.05, 0.1) is 6.04 Å². The zero-order valence-corrected chi connectivity index (χ0v) is 9.94. The molecule has 4 N–H and O–H groups in total. The second-order valence-corrected chi connectivity index (χ2v) is 3.87. The van der Waals surface area contributed by atoms with Gasteiger partial charge in [0.25, 0.3) is 0 Å². The van der Waals surface area contributed by atoms with E-state index in [2.05, 4.69) is 10.6 Å². The van der Waals surface area contributed by atoms with E-state index in [1.165, 1.54) is 0 Å². The van der Waals surface area contributed by atoms with Crippen molar-refractivity contribution >= 4 is 11.9 Å². The van der Waals surface area contributed by atoms with E-state index in [4.69, 9.17) is 5.73 Å². The minimum atomic E-state index is -0.708. The Bertz CT molecular complexity index is 392. The van der Waals surface area contributed by atoms with Crippen molar-refractivity contribution in [1.29, 1.82) is 0 Å². The fraction of sp³-hybridized carbons (Fsp3) is 0.333. The summed E-state index contributed by atoms with van der Waals surface area (Å²) in [5.74, 6) is -0.264. The van der Waals surface area contributed by atoms with Gasteiger partial charge in [0.15, 0.2) is 0 Å². The van der Waals surface area contributed by atoms with Gasteiger partial charge in [-0.3, -0.25) is 4.79 Å². The van der Waals surface area contributed by atoms with Gasteiger partial charge in [0.2, 0.25) is 5.91 Å². The summed E-state index contributed by atoms with van der Waals surface area (Å²) in [6.45, 7) is 3.46. The standard InChI is InChI=1S/C12H17N3O2/c1-8(10-6-4-3-5-7-10)14-11(16)9(2)15-12(13)17/h3-9H,1-2H3,(H,14,16)(H3,13,15,17)/t8-,9-/m0/s1. The number of benzene rings is 1. The van der Waals surface area contributed by atoms with Gasteiger partial charge in [0.1, 0.15) is 6.04 Å². The van der Waals surface area contributed by atoms with E-state index in [1.807, 2.05) is 37.3 Å². The number of rotatable bonds is 4. The largest absolute Gasteiger partial charge is 0.352 e. The predicted molar refractivity (Wildman–Crippen MR) is 65.2 cm³/mol. The lowest BCUT2D eigenvalue weighted by atomic mass is 10.1. The van der Waals surface area contributed by atoms with Crippen molar-refractivity contribution in [3.05, 3.63) is 35.9 Å². The summed E-state index contributed by atoms with van der Waals surface area (Å²) in [4.78, 5) is 22.3. The monoisotopic (exact) mass is 235 g/mol. The number of carbonyl (C=O) groups is 2. The van der Waals surface area contributed by atoms with E-state index in [1.54, 1.807) is 6.92 Å². The van der Waals surface area contributed by atoms with E-state index in [-0.39, 0.29) is 11.9 Å². The number of carbonyl (C=O) groups excluding carboxylic acids is 2. The Morgan fingerprint density at radius 3 is 2.24 bits per heavy atom. The van der Waals surface area contributed by atoms with Crippen molar-refractivity contribution in [2.24, 2.45) is 5.73 Å². The number of nitrogens with two attached hydrogens (primary N) is 1. The lowest BCUT2D eigenvalue weighted by Crippen LogP contribution is -2.47. The Labute approximate surface area is 100 Å². The molecule has 92 valence electrons. The van der Waals surface area contributed by atoms with E-state index >= 15 is 0 Å². The highest BCUT2D eigenvalue weighted by Gasteiger charge is 2.16. The first-order valence-corrected chi connectivity index (χ1v) is 5.42. The maximum Gasteiger partial charge on any atom is 0.312 e. The lowest BCUT2D eigenvalue weighted by Gasteiger charge is -2.18. The van der Waals surface area contributed by atoms with Crippen LogP contribution in [0.1, 0.15) is 25.5 Å². The molecule has 1 aromatic carbocycles. The molecule has 0 heterocycles. The van der Waals surface area contributed by atoms with Crippen LogP contribution in [0.2, 0.25) is 0 Å². The number of amides is 3. The van der Waals surface area contributed by atoms with Gasteiger partial charge in [-0.1, -0.05) is 30.3 Å². The van der Waals surface area contributed by atoms with Crippen LogP contribution in [0.25, 0.3) is 0 Å². The predicted octanol–water partition coefficient (Wildman–Crippen LogP) is 0.921. The van der Waals surface area contributed by atoms with Crippen LogP contribution in [0.4, 0.5) is 4.79 Å². The molecule has 5 heteroatoms. The van der Waals surface area contributed by atoms with Gasteiger partial charge in [-0.25, -0.2) is 4.79 Å². The van der Waals surface area contributed by atoms with Crippen molar-refractivity contribution in [3.8, 4) is 0 Å². The van der Waals surface area contributed by atoms with Crippen molar-refractivity contribution in [2.45, 2.75) is 25.9 Å². The number of nitrogens with one attached hydrogen (secondary N) is 2. The van der Waals surface area contributed by atoms with Gasteiger partial charge in [-0.05, 0) is 19.4 Å². The second-order valence-electron chi connectivity index (χ2n) is 3.87. The SMILES string of the molecule is C[C@H](NC(N)=O)C(=O)N[C@@H](C)c1ccccc1. The average Bonchev–Trinajstić information content (AvgIpc) is 2.29. The summed E-state index contributed by atoms with van der Waals surface area (Å²) < 4.78 is 0. The fourth-order valence-electron chi connectivity index (χ4n) is 1.44. The van der Waals surface area contributed by atoms with E-state index in [0.29, 0.717) is 0 Å². The molecular weight excluding hydrogens is 218 g/mol. The summed E-state index contributed by atoms with van der Waals surface area (Å²) in [6.07, 6.45) is 0. The topological polar surface area (TPSA) is 84.2 Å². The number of primary amides is 1. The van der Waals surface area contributed by atoms with Crippen molar-refractivity contribution in [3.63, 3.8) is 0 Å². The van der Waals surface area contributed by atoms with Crippen LogP contribution < -0.4 is 16.4 Å². The van der Waals surface area contributed by atoms with Gasteiger partial charge in [-0.2, -0.15) is 0 Å². The van der Waals surface area contributed by atoms with Gasteiger partial charge < -0.3 is 16.4 Å². The summed E-state index contributed by atoms with van der Waals surface area (Å²) in [5.41, 5.74) is 5.95. The highest BCUT2D eigenvalue weighted by atomic mass is 16.2. The van der Waals surface area contributed by atoms with E-state index in [9.17, 15) is 9.59 Å². The first kappa shape index (κ1) is 13.0. The molecule has 0 bridgehead atoms. The van der Waals surface area contributed by atoms with Crippen molar-refractivity contribution < 1.29 is 9.59 Å². The first-order valence-electron chi connectivity index (χ1n) is 5.42. The molecule has 3 amide bonds. The molecule has 0 fully saturated rings. The normalized spacial score (nSPS) is 13.5. The quantitative estimate of drug-likeness (QED) is 0.725. The molecule has 0 aliphatic carbocycles. The van der Waals surface area contributed by atoms with Crippen LogP contribution in [-0.2, 0) is 4.79 Å². The lowest BCUT2D eigenvalue weighted by molar-refractivity contribution is -0.123.